The molecule has 0 bridgehead atoms. The quantitative estimate of drug-likeness (QED) is 0.331. The molecule has 13 heteroatoms. The molecule has 1 aromatic heterocycles. The number of amides is 1. The number of pyridine rings is 1. The minimum atomic E-state index is -5.12. The van der Waals surface area contributed by atoms with Crippen molar-refractivity contribution in [3.63, 3.8) is 0 Å². The van der Waals surface area contributed by atoms with Gasteiger partial charge in [0.05, 0.1) is 12.0 Å². The Kier molecular flexibility index (Phi) is 7.00. The maximum atomic E-state index is 14.0. The van der Waals surface area contributed by atoms with Crippen LogP contribution in [0.5, 0.6) is 5.75 Å². The molecule has 0 fully saturated rings. The standard InChI is InChI=1S/C24H18F7N3O3/c25-14-8-15(10-16(9-14)37-24(29,30)31)33-21(35)19-17-5-1-2-6-18(17)22(36)34(12-23(26,27)28)20(19)13-4-3-7-32-11-13/h1-11,19-21,33,35H,12H2/t19-,20+,21?/m0/s1. The number of hydrogen-bond donors (Lipinski definition) is 2. The maximum Gasteiger partial charge on any atom is 0.573 e. The van der Waals surface area contributed by atoms with Gasteiger partial charge in [-0.3, -0.25) is 9.78 Å². The van der Waals surface area contributed by atoms with Crippen molar-refractivity contribution in [2.75, 3.05) is 11.9 Å². The second-order valence-corrected chi connectivity index (χ2v) is 8.21. The molecule has 2 N–H and O–H groups in total. The number of hydrogen-bond acceptors (Lipinski definition) is 5. The lowest BCUT2D eigenvalue weighted by Crippen LogP contribution is -2.50. The molecule has 2 heterocycles. The van der Waals surface area contributed by atoms with E-state index in [1.165, 1.54) is 48.8 Å². The molecule has 1 unspecified atom stereocenters. The predicted molar refractivity (Wildman–Crippen MR) is 116 cm³/mol. The molecule has 0 radical (unpaired) electrons. The first-order valence-corrected chi connectivity index (χ1v) is 10.7. The van der Waals surface area contributed by atoms with Crippen molar-refractivity contribution in [2.45, 2.75) is 30.7 Å². The van der Waals surface area contributed by atoms with E-state index in [9.17, 15) is 40.6 Å². The van der Waals surface area contributed by atoms with Crippen LogP contribution >= 0.6 is 0 Å². The fraction of sp³-hybridized carbons (Fsp3) is 0.250. The number of fused-ring (bicyclic) bond motifs is 1. The van der Waals surface area contributed by atoms with Gasteiger partial charge in [0.2, 0.25) is 0 Å². The van der Waals surface area contributed by atoms with E-state index in [0.717, 1.165) is 12.1 Å². The number of aliphatic hydroxyl groups excluding tert-OH is 1. The zero-order chi connectivity index (χ0) is 27.0. The maximum absolute atomic E-state index is 14.0. The Morgan fingerprint density at radius 3 is 2.43 bits per heavy atom. The Labute approximate surface area is 205 Å². The number of carbonyl (C=O) groups excluding carboxylic acids is 1. The normalized spacial score (nSPS) is 18.8. The summed E-state index contributed by atoms with van der Waals surface area (Å²) in [6.07, 6.45) is -9.09. The highest BCUT2D eigenvalue weighted by Gasteiger charge is 2.47. The van der Waals surface area contributed by atoms with Crippen LogP contribution in [0.2, 0.25) is 0 Å². The molecule has 0 saturated carbocycles. The summed E-state index contributed by atoms with van der Waals surface area (Å²) in [6, 6.07) is 9.21. The molecule has 1 amide bonds. The molecular formula is C24H18F7N3O3. The van der Waals surface area contributed by atoms with Crippen LogP contribution in [0.1, 0.15) is 33.4 Å². The average Bonchev–Trinajstić information content (AvgIpc) is 2.79. The Morgan fingerprint density at radius 1 is 1.05 bits per heavy atom. The fourth-order valence-electron chi connectivity index (χ4n) is 4.37. The molecule has 0 aliphatic carbocycles. The van der Waals surface area contributed by atoms with Gasteiger partial charge in [-0.1, -0.05) is 24.3 Å². The molecule has 0 spiro atoms. The highest BCUT2D eigenvalue weighted by Crippen LogP contribution is 2.45. The van der Waals surface area contributed by atoms with Gasteiger partial charge >= 0.3 is 12.5 Å². The summed E-state index contributed by atoms with van der Waals surface area (Å²) in [5, 5.41) is 13.6. The van der Waals surface area contributed by atoms with Gasteiger partial charge in [-0.05, 0) is 29.3 Å². The lowest BCUT2D eigenvalue weighted by molar-refractivity contribution is -0.274. The number of nitrogens with one attached hydrogen (secondary N) is 1. The first kappa shape index (κ1) is 26.2. The van der Waals surface area contributed by atoms with Gasteiger partial charge in [0.1, 0.15) is 24.3 Å². The Morgan fingerprint density at radius 2 is 1.78 bits per heavy atom. The van der Waals surface area contributed by atoms with Gasteiger partial charge in [0, 0.05) is 35.8 Å². The molecule has 37 heavy (non-hydrogen) atoms. The molecule has 2 aromatic carbocycles. The minimum absolute atomic E-state index is 0.0990. The van der Waals surface area contributed by atoms with Crippen LogP contribution in [0.15, 0.2) is 67.0 Å². The van der Waals surface area contributed by atoms with Gasteiger partial charge < -0.3 is 20.1 Å². The van der Waals surface area contributed by atoms with Gasteiger partial charge in [-0.15, -0.1) is 13.2 Å². The molecule has 1 aliphatic heterocycles. The zero-order valence-electron chi connectivity index (χ0n) is 18.6. The van der Waals surface area contributed by atoms with Crippen molar-refractivity contribution in [3.8, 4) is 5.75 Å². The third-order valence-electron chi connectivity index (χ3n) is 5.62. The van der Waals surface area contributed by atoms with E-state index in [-0.39, 0.29) is 22.4 Å². The smallest absolute Gasteiger partial charge is 0.406 e. The van der Waals surface area contributed by atoms with E-state index in [1.807, 2.05) is 0 Å². The molecule has 6 nitrogen and oxygen atoms in total. The summed E-state index contributed by atoms with van der Waals surface area (Å²) in [6.45, 7) is -1.65. The largest absolute Gasteiger partial charge is 0.573 e. The summed E-state index contributed by atoms with van der Waals surface area (Å²) in [7, 11) is 0. The Hall–Kier alpha value is -3.87. The van der Waals surface area contributed by atoms with Crippen LogP contribution in [-0.4, -0.2) is 46.2 Å². The number of anilines is 1. The van der Waals surface area contributed by atoms with Crippen LogP contribution in [-0.2, 0) is 0 Å². The zero-order valence-corrected chi connectivity index (χ0v) is 18.6. The van der Waals surface area contributed by atoms with Crippen LogP contribution in [0, 0.1) is 5.82 Å². The molecule has 196 valence electrons. The molecule has 0 saturated heterocycles. The molecular weight excluding hydrogens is 511 g/mol. The lowest BCUT2D eigenvalue weighted by atomic mass is 9.79. The van der Waals surface area contributed by atoms with Crippen molar-refractivity contribution in [1.82, 2.24) is 9.88 Å². The number of alkyl halides is 6. The number of halogens is 7. The SMILES string of the molecule is O=C1c2ccccc2[C@H](C(O)Nc2cc(F)cc(OC(F)(F)F)c2)[C@@H](c2cccnc2)N1CC(F)(F)F. The number of rotatable bonds is 6. The molecule has 3 aromatic rings. The predicted octanol–water partition coefficient (Wildman–Crippen LogP) is 5.39. The van der Waals surface area contributed by atoms with Gasteiger partial charge in [0.25, 0.3) is 5.91 Å². The number of benzene rings is 2. The van der Waals surface area contributed by atoms with Gasteiger partial charge in [0.15, 0.2) is 0 Å². The lowest BCUT2D eigenvalue weighted by Gasteiger charge is -2.44. The number of carbonyl (C=O) groups is 1. The first-order chi connectivity index (χ1) is 17.3. The molecule has 3 atom stereocenters. The van der Waals surface area contributed by atoms with Crippen molar-refractivity contribution in [2.24, 2.45) is 0 Å². The summed E-state index contributed by atoms with van der Waals surface area (Å²) < 4.78 is 96.3. The Balaban J connectivity index is 1.79. The van der Waals surface area contributed by atoms with Crippen LogP contribution in [0.4, 0.5) is 36.4 Å². The van der Waals surface area contributed by atoms with E-state index in [4.69, 9.17) is 0 Å². The molecule has 1 aliphatic rings. The second-order valence-electron chi connectivity index (χ2n) is 8.21. The van der Waals surface area contributed by atoms with Crippen LogP contribution in [0.3, 0.4) is 0 Å². The van der Waals surface area contributed by atoms with E-state index >= 15 is 0 Å². The second kappa shape index (κ2) is 9.88. The van der Waals surface area contributed by atoms with E-state index in [2.05, 4.69) is 15.0 Å². The summed E-state index contributed by atoms with van der Waals surface area (Å²) in [5.74, 6) is -4.24. The summed E-state index contributed by atoms with van der Waals surface area (Å²) in [4.78, 5) is 17.6. The van der Waals surface area contributed by atoms with Crippen molar-refractivity contribution in [3.05, 3.63) is 89.5 Å². The van der Waals surface area contributed by atoms with Crippen LogP contribution < -0.4 is 10.1 Å². The van der Waals surface area contributed by atoms with Gasteiger partial charge in [-0.25, -0.2) is 4.39 Å². The van der Waals surface area contributed by atoms with Crippen molar-refractivity contribution < 1.29 is 45.4 Å². The fourth-order valence-corrected chi connectivity index (χ4v) is 4.37. The average molecular weight is 529 g/mol. The Bertz CT molecular complexity index is 1270. The highest BCUT2D eigenvalue weighted by molar-refractivity contribution is 5.97. The van der Waals surface area contributed by atoms with Gasteiger partial charge in [-0.2, -0.15) is 13.2 Å². The van der Waals surface area contributed by atoms with E-state index in [0.29, 0.717) is 11.0 Å². The number of aliphatic hydroxyl groups is 1. The third-order valence-corrected chi connectivity index (χ3v) is 5.62. The third kappa shape index (κ3) is 6.10. The van der Waals surface area contributed by atoms with Crippen molar-refractivity contribution >= 4 is 11.6 Å². The summed E-state index contributed by atoms with van der Waals surface area (Å²) >= 11 is 0. The van der Waals surface area contributed by atoms with E-state index in [1.54, 1.807) is 0 Å². The highest BCUT2D eigenvalue weighted by atomic mass is 19.4. The topological polar surface area (TPSA) is 74.7 Å². The van der Waals surface area contributed by atoms with Crippen molar-refractivity contribution in [1.29, 1.82) is 0 Å². The summed E-state index contributed by atoms with van der Waals surface area (Å²) in [5.41, 5.74) is -0.0877. The monoisotopic (exact) mass is 529 g/mol. The number of aromatic nitrogens is 1. The van der Waals surface area contributed by atoms with E-state index < -0.39 is 54.7 Å². The molecule has 4 rings (SSSR count). The number of nitrogens with zero attached hydrogens (tertiary/aromatic N) is 2. The minimum Gasteiger partial charge on any atom is -0.406 e. The van der Waals surface area contributed by atoms with Crippen LogP contribution in [0.25, 0.3) is 0 Å². The first-order valence-electron chi connectivity index (χ1n) is 10.7. The number of ether oxygens (including phenoxy) is 1.